The Balaban J connectivity index is 0.000000216. The number of rotatable bonds is 12. The summed E-state index contributed by atoms with van der Waals surface area (Å²) >= 11 is 0. The fourth-order valence-electron chi connectivity index (χ4n) is 7.28. The maximum absolute atomic E-state index is 12.8. The van der Waals surface area contributed by atoms with Crippen molar-refractivity contribution in [2.75, 3.05) is 63.6 Å². The third kappa shape index (κ3) is 10.7. The first-order valence-electron chi connectivity index (χ1n) is 19.0. The van der Waals surface area contributed by atoms with Crippen molar-refractivity contribution in [1.29, 1.82) is 0 Å². The van der Waals surface area contributed by atoms with Crippen LogP contribution in [0.4, 0.5) is 17.5 Å². The number of aromatic nitrogens is 4. The van der Waals surface area contributed by atoms with Crippen molar-refractivity contribution in [3.8, 4) is 5.75 Å². The van der Waals surface area contributed by atoms with Crippen LogP contribution >= 0.6 is 0 Å². The Kier molecular flexibility index (Phi) is 15.1. The van der Waals surface area contributed by atoms with Crippen LogP contribution in [-0.4, -0.2) is 100 Å². The van der Waals surface area contributed by atoms with Gasteiger partial charge in [0.25, 0.3) is 5.91 Å². The summed E-state index contributed by atoms with van der Waals surface area (Å²) in [5.74, 6) is 1.24. The predicted octanol–water partition coefficient (Wildman–Crippen LogP) is 2.75. The Hall–Kier alpha value is -4.44. The number of fused-ring (bicyclic) bond motifs is 1. The van der Waals surface area contributed by atoms with Crippen LogP contribution in [0, 0.1) is 20.3 Å². The van der Waals surface area contributed by atoms with Crippen LogP contribution in [0.2, 0.25) is 0 Å². The SMILES string of the molecule is O=C1CCC(c2cccc(OCCN3CC[CH-]CC3)c2)C(=O)N1.[CH2-]CN(C[CH2-])c1ccc(Nc2ncc3cc(C(=O)N(C)C)n(C4CCCC4)c3n2)nc1.[Li+]. The van der Waals surface area contributed by atoms with E-state index >= 15 is 0 Å². The predicted molar refractivity (Wildman–Crippen MR) is 211 cm³/mol. The van der Waals surface area contributed by atoms with Crippen molar-refractivity contribution in [2.24, 2.45) is 0 Å². The van der Waals surface area contributed by atoms with Gasteiger partial charge in [0.2, 0.25) is 17.8 Å². The van der Waals surface area contributed by atoms with Crippen LogP contribution in [0.25, 0.3) is 11.0 Å². The molecule has 1 unspecified atom stereocenters. The third-order valence-electron chi connectivity index (χ3n) is 10.3. The summed E-state index contributed by atoms with van der Waals surface area (Å²) in [7, 11) is 3.55. The van der Waals surface area contributed by atoms with Gasteiger partial charge in [-0.1, -0.05) is 25.0 Å². The molecule has 3 fully saturated rings. The van der Waals surface area contributed by atoms with E-state index in [1.807, 2.05) is 47.4 Å². The van der Waals surface area contributed by atoms with E-state index in [2.05, 4.69) is 50.3 Å². The number of carbonyl (C=O) groups excluding carboxylic acids is 3. The van der Waals surface area contributed by atoms with E-state index in [0.29, 0.717) is 50.0 Å². The summed E-state index contributed by atoms with van der Waals surface area (Å²) in [5, 5.41) is 6.46. The second-order valence-corrected chi connectivity index (χ2v) is 14.2. The van der Waals surface area contributed by atoms with Gasteiger partial charge in [-0.05, 0) is 68.2 Å². The van der Waals surface area contributed by atoms with E-state index in [-0.39, 0.29) is 48.5 Å². The smallest absolute Gasteiger partial charge is 0.492 e. The van der Waals surface area contributed by atoms with Gasteiger partial charge in [-0.2, -0.15) is 17.8 Å². The quantitative estimate of drug-likeness (QED) is 0.127. The molecule has 1 aliphatic carbocycles. The Labute approximate surface area is 336 Å². The molecular weight excluding hydrogens is 689 g/mol. The standard InChI is InChI=1S/C23H29N7O.C18H23N2O3.Li/c1-5-29(6-2)18-11-12-20(24-15-18)26-23-25-14-16-13-19(22(31)28(3)4)30(21(16)27-23)17-9-7-8-10-17;21-17-8-7-16(18(22)19-17)14-5-4-6-15(13-14)23-12-11-20-9-2-1-3-10-20;/h11-15,17H,1-2,5-10H2,3-4H3,(H,24,25,26,27);1,4-6,13,16H,2-3,7-12H2,(H,19,21,22);/q-2;-1;+1. The number of amides is 3. The zero-order valence-electron chi connectivity index (χ0n) is 32.5. The van der Waals surface area contributed by atoms with E-state index in [0.717, 1.165) is 73.4 Å². The molecule has 0 bridgehead atoms. The number of hydrogen-bond acceptors (Lipinski definition) is 10. The van der Waals surface area contributed by atoms with Crippen LogP contribution < -0.4 is 39.1 Å². The molecular formula is C41H52LiN9O4-2. The molecule has 14 heteroatoms. The second kappa shape index (κ2) is 19.9. The molecule has 0 radical (unpaired) electrons. The molecule has 55 heavy (non-hydrogen) atoms. The number of nitrogens with one attached hydrogen (secondary N) is 2. The number of nitrogens with zero attached hydrogens (tertiary/aromatic N) is 7. The molecule has 7 rings (SSSR count). The molecule has 2 aliphatic heterocycles. The number of carbonyl (C=O) groups is 3. The van der Waals surface area contributed by atoms with Crippen LogP contribution in [0.1, 0.15) is 79.4 Å². The van der Waals surface area contributed by atoms with Gasteiger partial charge in [-0.3, -0.25) is 19.7 Å². The van der Waals surface area contributed by atoms with Crippen LogP contribution in [0.3, 0.4) is 0 Å². The van der Waals surface area contributed by atoms with Crippen molar-refractivity contribution in [3.05, 3.63) is 86.4 Å². The number of piperidine rings is 2. The van der Waals surface area contributed by atoms with E-state index < -0.39 is 0 Å². The Morgan fingerprint density at radius 1 is 1.02 bits per heavy atom. The van der Waals surface area contributed by atoms with Gasteiger partial charge in [-0.15, -0.1) is 13.1 Å². The maximum Gasteiger partial charge on any atom is 1.00 e. The average molecular weight is 742 g/mol. The first-order chi connectivity index (χ1) is 26.2. The third-order valence-corrected chi connectivity index (χ3v) is 10.3. The van der Waals surface area contributed by atoms with Gasteiger partial charge < -0.3 is 49.6 Å². The first-order valence-corrected chi connectivity index (χ1v) is 19.0. The number of anilines is 3. The second-order valence-electron chi connectivity index (χ2n) is 14.2. The molecule has 288 valence electrons. The van der Waals surface area contributed by atoms with E-state index in [9.17, 15) is 14.4 Å². The Morgan fingerprint density at radius 2 is 1.78 bits per heavy atom. The van der Waals surface area contributed by atoms with Crippen molar-refractivity contribution in [1.82, 2.24) is 34.6 Å². The van der Waals surface area contributed by atoms with Gasteiger partial charge >= 0.3 is 18.9 Å². The van der Waals surface area contributed by atoms with Crippen molar-refractivity contribution >= 4 is 46.2 Å². The Bertz CT molecular complexity index is 1880. The minimum absolute atomic E-state index is 0. The minimum Gasteiger partial charge on any atom is -0.492 e. The topological polar surface area (TPSA) is 138 Å². The average Bonchev–Trinajstić information content (AvgIpc) is 3.85. The fourth-order valence-corrected chi connectivity index (χ4v) is 7.28. The number of imide groups is 1. The van der Waals surface area contributed by atoms with E-state index in [1.54, 1.807) is 31.4 Å². The number of likely N-dealkylation sites (tertiary alicyclic amines) is 1. The normalized spacial score (nSPS) is 17.5. The van der Waals surface area contributed by atoms with Crippen LogP contribution in [-0.2, 0) is 9.59 Å². The largest absolute Gasteiger partial charge is 1.00 e. The molecule has 3 aromatic heterocycles. The molecule has 3 amide bonds. The molecule has 4 aromatic rings. The van der Waals surface area contributed by atoms with Crippen molar-refractivity contribution in [2.45, 2.75) is 63.3 Å². The van der Waals surface area contributed by atoms with E-state index in [4.69, 9.17) is 9.72 Å². The molecule has 1 aromatic carbocycles. The molecule has 1 atom stereocenters. The maximum atomic E-state index is 12.8. The summed E-state index contributed by atoms with van der Waals surface area (Å²) in [6.45, 7) is 12.9. The molecule has 13 nitrogen and oxygen atoms in total. The van der Waals surface area contributed by atoms with Gasteiger partial charge in [0.1, 0.15) is 29.5 Å². The van der Waals surface area contributed by atoms with Gasteiger partial charge in [0, 0.05) is 44.7 Å². The fraction of sp³-hybridized carbons (Fsp3) is 0.439. The number of ether oxygens (including phenoxy) is 1. The van der Waals surface area contributed by atoms with Crippen molar-refractivity contribution < 1.29 is 38.0 Å². The molecule has 2 saturated heterocycles. The van der Waals surface area contributed by atoms with Gasteiger partial charge in [0.15, 0.2) is 0 Å². The summed E-state index contributed by atoms with van der Waals surface area (Å²) in [5.41, 5.74) is 3.34. The molecule has 0 spiro atoms. The van der Waals surface area contributed by atoms with Crippen molar-refractivity contribution in [3.63, 3.8) is 0 Å². The number of hydrogen-bond donors (Lipinski definition) is 2. The molecule has 5 heterocycles. The molecule has 1 saturated carbocycles. The zero-order valence-corrected chi connectivity index (χ0v) is 32.5. The van der Waals surface area contributed by atoms with Crippen LogP contribution in [0.15, 0.2) is 54.9 Å². The molecule has 3 aliphatic rings. The van der Waals surface area contributed by atoms with Crippen LogP contribution in [0.5, 0.6) is 5.75 Å². The van der Waals surface area contributed by atoms with Gasteiger partial charge in [0.05, 0.1) is 17.8 Å². The zero-order chi connectivity index (χ0) is 38.0. The Morgan fingerprint density at radius 3 is 2.45 bits per heavy atom. The number of pyridine rings is 1. The molecule has 2 N–H and O–H groups in total. The minimum atomic E-state index is -0.256. The monoisotopic (exact) mass is 741 g/mol. The summed E-state index contributed by atoms with van der Waals surface area (Å²) in [4.78, 5) is 55.7. The number of benzene rings is 1. The van der Waals surface area contributed by atoms with Gasteiger partial charge in [-0.25, -0.2) is 9.97 Å². The first kappa shape index (κ1) is 41.7. The summed E-state index contributed by atoms with van der Waals surface area (Å²) < 4.78 is 7.95. The summed E-state index contributed by atoms with van der Waals surface area (Å²) in [6.07, 6.45) is 13.6. The summed E-state index contributed by atoms with van der Waals surface area (Å²) in [6, 6.07) is 13.7. The van der Waals surface area contributed by atoms with E-state index in [1.165, 1.54) is 12.8 Å².